The van der Waals surface area contributed by atoms with Crippen molar-refractivity contribution < 1.29 is 9.53 Å². The molecule has 2 rings (SSSR count). The minimum absolute atomic E-state index is 0.177. The first-order valence-corrected chi connectivity index (χ1v) is 7.63. The van der Waals surface area contributed by atoms with Gasteiger partial charge < -0.3 is 10.1 Å². The molecule has 0 fully saturated rings. The largest absolute Gasteiger partial charge is 0.496 e. The van der Waals surface area contributed by atoms with Crippen molar-refractivity contribution in [1.29, 1.82) is 0 Å². The topological polar surface area (TPSA) is 38.3 Å². The van der Waals surface area contributed by atoms with Gasteiger partial charge in [0.2, 0.25) is 0 Å². The Balaban J connectivity index is 2.24. The molecular formula is C16H15BrClNO2. The first-order chi connectivity index (χ1) is 10.0. The lowest BCUT2D eigenvalue weighted by Gasteiger charge is -2.13. The van der Waals surface area contributed by atoms with Gasteiger partial charge >= 0.3 is 0 Å². The second-order valence-corrected chi connectivity index (χ2v) is 6.02. The van der Waals surface area contributed by atoms with Crippen LogP contribution >= 0.6 is 27.5 Å². The Bertz CT molecular complexity index is 658. The average molecular weight is 369 g/mol. The standard InChI is InChI=1S/C16H15BrClNO2/c1-10(18)12-5-3-4-6-14(12)19-16(20)11-7-8-15(21-2)13(17)9-11/h3-10H,1-2H3,(H,19,20). The van der Waals surface area contributed by atoms with Gasteiger partial charge in [0, 0.05) is 11.3 Å². The van der Waals surface area contributed by atoms with Crippen LogP contribution in [0.4, 0.5) is 5.69 Å². The lowest BCUT2D eigenvalue weighted by atomic mass is 10.1. The van der Waals surface area contributed by atoms with Crippen LogP contribution in [0.5, 0.6) is 5.75 Å². The molecule has 0 aliphatic heterocycles. The van der Waals surface area contributed by atoms with E-state index < -0.39 is 0 Å². The molecule has 21 heavy (non-hydrogen) atoms. The molecule has 0 saturated carbocycles. The number of rotatable bonds is 4. The van der Waals surface area contributed by atoms with Crippen molar-refractivity contribution in [3.05, 3.63) is 58.1 Å². The molecule has 3 nitrogen and oxygen atoms in total. The zero-order valence-electron chi connectivity index (χ0n) is 11.7. The number of hydrogen-bond donors (Lipinski definition) is 1. The molecule has 0 aliphatic carbocycles. The first-order valence-electron chi connectivity index (χ1n) is 6.41. The number of ether oxygens (including phenoxy) is 1. The zero-order valence-corrected chi connectivity index (χ0v) is 14.0. The van der Waals surface area contributed by atoms with E-state index in [1.165, 1.54) is 0 Å². The first kappa shape index (κ1) is 15.9. The summed E-state index contributed by atoms with van der Waals surface area (Å²) in [5, 5.41) is 2.71. The highest BCUT2D eigenvalue weighted by atomic mass is 79.9. The summed E-state index contributed by atoms with van der Waals surface area (Å²) in [7, 11) is 1.58. The van der Waals surface area contributed by atoms with E-state index in [9.17, 15) is 4.79 Å². The maximum atomic E-state index is 12.3. The highest BCUT2D eigenvalue weighted by Crippen LogP contribution is 2.29. The molecule has 1 amide bonds. The van der Waals surface area contributed by atoms with Gasteiger partial charge in [-0.25, -0.2) is 0 Å². The summed E-state index contributed by atoms with van der Waals surface area (Å²) in [5.41, 5.74) is 2.15. The number of hydrogen-bond acceptors (Lipinski definition) is 2. The summed E-state index contributed by atoms with van der Waals surface area (Å²) in [5.74, 6) is 0.490. The second kappa shape index (κ2) is 6.96. The second-order valence-electron chi connectivity index (χ2n) is 4.51. The van der Waals surface area contributed by atoms with Crippen LogP contribution in [0.25, 0.3) is 0 Å². The molecule has 0 aliphatic rings. The number of para-hydroxylation sites is 1. The van der Waals surface area contributed by atoms with Gasteiger partial charge in [0.05, 0.1) is 17.0 Å². The van der Waals surface area contributed by atoms with Gasteiger partial charge in [0.25, 0.3) is 5.91 Å². The Morgan fingerprint density at radius 1 is 1.29 bits per heavy atom. The molecule has 0 radical (unpaired) electrons. The summed E-state index contributed by atoms with van der Waals surface area (Å²) in [6, 6.07) is 12.7. The van der Waals surface area contributed by atoms with Crippen LogP contribution < -0.4 is 10.1 Å². The molecule has 0 aromatic heterocycles. The molecule has 1 N–H and O–H groups in total. The van der Waals surface area contributed by atoms with Crippen molar-refractivity contribution in [3.8, 4) is 5.75 Å². The zero-order chi connectivity index (χ0) is 15.4. The maximum absolute atomic E-state index is 12.3. The van der Waals surface area contributed by atoms with Gasteiger partial charge in [-0.2, -0.15) is 0 Å². The Kier molecular flexibility index (Phi) is 5.26. The lowest BCUT2D eigenvalue weighted by Crippen LogP contribution is -2.13. The van der Waals surface area contributed by atoms with E-state index in [4.69, 9.17) is 16.3 Å². The summed E-state index contributed by atoms with van der Waals surface area (Å²) in [6.07, 6.45) is 0. The highest BCUT2D eigenvalue weighted by molar-refractivity contribution is 9.10. The van der Waals surface area contributed by atoms with E-state index in [0.29, 0.717) is 11.3 Å². The van der Waals surface area contributed by atoms with E-state index in [1.54, 1.807) is 25.3 Å². The van der Waals surface area contributed by atoms with Gasteiger partial charge in [-0.1, -0.05) is 18.2 Å². The van der Waals surface area contributed by atoms with Crippen molar-refractivity contribution in [2.24, 2.45) is 0 Å². The van der Waals surface area contributed by atoms with E-state index in [-0.39, 0.29) is 11.3 Å². The smallest absolute Gasteiger partial charge is 0.255 e. The molecule has 0 heterocycles. The predicted molar refractivity (Wildman–Crippen MR) is 89.4 cm³/mol. The fourth-order valence-electron chi connectivity index (χ4n) is 1.96. The van der Waals surface area contributed by atoms with E-state index in [2.05, 4.69) is 21.2 Å². The van der Waals surface area contributed by atoms with Crippen molar-refractivity contribution in [2.45, 2.75) is 12.3 Å². The summed E-state index contributed by atoms with van der Waals surface area (Å²) < 4.78 is 5.89. The third-order valence-corrected chi connectivity index (χ3v) is 3.91. The molecule has 0 bridgehead atoms. The Morgan fingerprint density at radius 2 is 2.00 bits per heavy atom. The molecule has 2 aromatic rings. The normalized spacial score (nSPS) is 11.8. The minimum atomic E-state index is -0.192. The quantitative estimate of drug-likeness (QED) is 0.770. The average Bonchev–Trinajstić information content (AvgIpc) is 2.47. The Labute approximate surface area is 137 Å². The van der Waals surface area contributed by atoms with Crippen LogP contribution in [0.1, 0.15) is 28.2 Å². The number of alkyl halides is 1. The van der Waals surface area contributed by atoms with Crippen molar-refractivity contribution >= 4 is 39.1 Å². The number of carbonyl (C=O) groups excluding carboxylic acids is 1. The molecule has 0 spiro atoms. The predicted octanol–water partition coefficient (Wildman–Crippen LogP) is 5.01. The van der Waals surface area contributed by atoms with Gasteiger partial charge in [-0.05, 0) is 52.7 Å². The van der Waals surface area contributed by atoms with Crippen LogP contribution in [-0.4, -0.2) is 13.0 Å². The maximum Gasteiger partial charge on any atom is 0.255 e. The van der Waals surface area contributed by atoms with Gasteiger partial charge in [-0.3, -0.25) is 4.79 Å². The number of benzene rings is 2. The van der Waals surface area contributed by atoms with E-state index in [1.807, 2.05) is 31.2 Å². The van der Waals surface area contributed by atoms with Gasteiger partial charge in [-0.15, -0.1) is 11.6 Å². The SMILES string of the molecule is COc1ccc(C(=O)Nc2ccccc2C(C)Cl)cc1Br. The molecule has 2 aromatic carbocycles. The van der Waals surface area contributed by atoms with Crippen LogP contribution in [-0.2, 0) is 0 Å². The summed E-state index contributed by atoms with van der Waals surface area (Å²) in [6.45, 7) is 1.87. The fourth-order valence-corrected chi connectivity index (χ4v) is 2.69. The van der Waals surface area contributed by atoms with E-state index in [0.717, 1.165) is 15.7 Å². The molecule has 110 valence electrons. The number of nitrogens with one attached hydrogen (secondary N) is 1. The van der Waals surface area contributed by atoms with Crippen LogP contribution in [0.2, 0.25) is 0 Å². The van der Waals surface area contributed by atoms with Crippen LogP contribution in [0.3, 0.4) is 0 Å². The number of amides is 1. The van der Waals surface area contributed by atoms with Crippen molar-refractivity contribution in [2.75, 3.05) is 12.4 Å². The number of carbonyl (C=O) groups is 1. The van der Waals surface area contributed by atoms with Crippen molar-refractivity contribution in [3.63, 3.8) is 0 Å². The Hall–Kier alpha value is -1.52. The Morgan fingerprint density at radius 3 is 2.62 bits per heavy atom. The van der Waals surface area contributed by atoms with Gasteiger partial charge in [0.1, 0.15) is 5.75 Å². The molecular weight excluding hydrogens is 354 g/mol. The molecule has 1 atom stereocenters. The minimum Gasteiger partial charge on any atom is -0.496 e. The monoisotopic (exact) mass is 367 g/mol. The fraction of sp³-hybridized carbons (Fsp3) is 0.188. The number of anilines is 1. The highest BCUT2D eigenvalue weighted by Gasteiger charge is 2.13. The van der Waals surface area contributed by atoms with Gasteiger partial charge in [0.15, 0.2) is 0 Å². The van der Waals surface area contributed by atoms with Crippen molar-refractivity contribution in [1.82, 2.24) is 0 Å². The molecule has 0 saturated heterocycles. The molecule has 5 heteroatoms. The summed E-state index contributed by atoms with van der Waals surface area (Å²) in [4.78, 5) is 12.3. The number of methoxy groups -OCH3 is 1. The van der Waals surface area contributed by atoms with Crippen LogP contribution in [0.15, 0.2) is 46.9 Å². The van der Waals surface area contributed by atoms with E-state index >= 15 is 0 Å². The third kappa shape index (κ3) is 3.77. The van der Waals surface area contributed by atoms with Crippen LogP contribution in [0, 0.1) is 0 Å². The lowest BCUT2D eigenvalue weighted by molar-refractivity contribution is 0.102. The number of halogens is 2. The molecule has 1 unspecified atom stereocenters. The third-order valence-electron chi connectivity index (χ3n) is 3.05. The summed E-state index contributed by atoms with van der Waals surface area (Å²) >= 11 is 9.50.